The molecule has 1 unspecified atom stereocenters. The van der Waals surface area contributed by atoms with E-state index in [1.165, 1.54) is 64.2 Å². The predicted molar refractivity (Wildman–Crippen MR) is 122 cm³/mol. The lowest BCUT2D eigenvalue weighted by molar-refractivity contribution is -0.871. The molecule has 0 aliphatic heterocycles. The van der Waals surface area contributed by atoms with Crippen LogP contribution in [0.15, 0.2) is 0 Å². The van der Waals surface area contributed by atoms with Crippen LogP contribution in [0.3, 0.4) is 0 Å². The molecule has 174 valence electrons. The van der Waals surface area contributed by atoms with E-state index >= 15 is 0 Å². The Morgan fingerprint density at radius 1 is 0.862 bits per heavy atom. The molecule has 29 heavy (non-hydrogen) atoms. The van der Waals surface area contributed by atoms with Crippen molar-refractivity contribution in [2.75, 3.05) is 33.8 Å². The van der Waals surface area contributed by atoms with Crippen LogP contribution in [0, 0.1) is 0 Å². The first-order valence-electron chi connectivity index (χ1n) is 11.7. The van der Waals surface area contributed by atoms with E-state index in [4.69, 9.17) is 5.11 Å². The molecule has 0 amide bonds. The number of aliphatic carboxylic acids is 1. The van der Waals surface area contributed by atoms with Gasteiger partial charge in [-0.3, -0.25) is 9.36 Å². The van der Waals surface area contributed by atoms with E-state index in [-0.39, 0.29) is 12.6 Å². The van der Waals surface area contributed by atoms with Gasteiger partial charge in [0.2, 0.25) is 0 Å². The molecule has 0 saturated heterocycles. The third-order valence-corrected chi connectivity index (χ3v) is 6.83. The van der Waals surface area contributed by atoms with Crippen LogP contribution in [-0.4, -0.2) is 60.3 Å². The van der Waals surface area contributed by atoms with Crippen molar-refractivity contribution in [3.05, 3.63) is 0 Å². The second-order valence-corrected chi connectivity index (χ2v) is 11.7. The summed E-state index contributed by atoms with van der Waals surface area (Å²) in [5, 5.41) is 11.8. The molecule has 6 nitrogen and oxygen atoms in total. The third-order valence-electron chi connectivity index (χ3n) is 5.14. The van der Waals surface area contributed by atoms with Gasteiger partial charge in [0.15, 0.2) is 0 Å². The number of nitrogens with one attached hydrogen (secondary N) is 1. The molecule has 0 aliphatic rings. The van der Waals surface area contributed by atoms with Crippen LogP contribution in [0.2, 0.25) is 0 Å². The fourth-order valence-electron chi connectivity index (χ4n) is 3.72. The van der Waals surface area contributed by atoms with Gasteiger partial charge in [0, 0.05) is 6.16 Å². The Hall–Kier alpha value is -0.420. The van der Waals surface area contributed by atoms with Gasteiger partial charge in [-0.2, -0.15) is 0 Å². The topological polar surface area (TPSA) is 86.6 Å². The van der Waals surface area contributed by atoms with Gasteiger partial charge in [0.05, 0.1) is 40.2 Å². The van der Waals surface area contributed by atoms with Crippen molar-refractivity contribution >= 4 is 13.5 Å². The molecular weight excluding hydrogens is 387 g/mol. The molecule has 2 atom stereocenters. The molecule has 0 heterocycles. The van der Waals surface area contributed by atoms with Crippen molar-refractivity contribution in [3.8, 4) is 0 Å². The van der Waals surface area contributed by atoms with Crippen molar-refractivity contribution in [3.63, 3.8) is 0 Å². The highest BCUT2D eigenvalue weighted by Crippen LogP contribution is 2.38. The molecule has 0 bridgehead atoms. The number of rotatable bonds is 20. The molecular formula is C22H48N2O4P+. The molecule has 0 aromatic rings. The Balaban J connectivity index is 3.82. The smallest absolute Gasteiger partial charge is 0.305 e. The molecule has 0 aromatic carbocycles. The summed E-state index contributed by atoms with van der Waals surface area (Å²) in [4.78, 5) is 21.3. The Bertz CT molecular complexity index is 466. The largest absolute Gasteiger partial charge is 0.481 e. The molecule has 0 aromatic heterocycles. The molecule has 0 saturated carbocycles. The summed E-state index contributed by atoms with van der Waals surface area (Å²) in [6, 6.07) is -0.495. The summed E-state index contributed by atoms with van der Waals surface area (Å²) in [5.41, 5.74) is 0. The lowest BCUT2D eigenvalue weighted by Crippen LogP contribution is -2.47. The standard InChI is InChI=1S/C22H47N2O4P/c1-5-6-7-8-9-10-11-12-13-14-15-16-17-18-29(27,28)23-21(19-22(25)26)20-24(2,3)4/h21H,5-20H2,1-4H3,(H2-,23,25,26,27,28)/p+1/t21-/m0/s1. The zero-order valence-corrected chi connectivity index (χ0v) is 20.4. The van der Waals surface area contributed by atoms with Crippen LogP contribution >= 0.6 is 7.52 Å². The Labute approximate surface area is 179 Å². The van der Waals surface area contributed by atoms with Crippen molar-refractivity contribution in [1.29, 1.82) is 0 Å². The van der Waals surface area contributed by atoms with Crippen molar-refractivity contribution in [2.24, 2.45) is 0 Å². The van der Waals surface area contributed by atoms with Gasteiger partial charge in [-0.1, -0.05) is 84.0 Å². The van der Waals surface area contributed by atoms with Gasteiger partial charge in [-0.05, 0) is 6.42 Å². The highest BCUT2D eigenvalue weighted by molar-refractivity contribution is 7.55. The van der Waals surface area contributed by atoms with E-state index in [0.29, 0.717) is 17.4 Å². The highest BCUT2D eigenvalue weighted by Gasteiger charge is 2.28. The van der Waals surface area contributed by atoms with Crippen molar-refractivity contribution in [2.45, 2.75) is 103 Å². The Kier molecular flexibility index (Phi) is 16.1. The molecule has 0 rings (SSSR count). The molecule has 3 N–H and O–H groups in total. The first kappa shape index (κ1) is 28.6. The van der Waals surface area contributed by atoms with Crippen LogP contribution < -0.4 is 5.09 Å². The molecule has 0 aliphatic carbocycles. The minimum atomic E-state index is -3.50. The fraction of sp³-hybridized carbons (Fsp3) is 0.955. The van der Waals surface area contributed by atoms with Crippen LogP contribution in [0.1, 0.15) is 96.8 Å². The van der Waals surface area contributed by atoms with Crippen LogP contribution in [0.25, 0.3) is 0 Å². The van der Waals surface area contributed by atoms with E-state index in [0.717, 1.165) is 12.8 Å². The number of carbonyl (C=O) groups is 1. The number of nitrogens with zero attached hydrogens (tertiary/aromatic N) is 1. The second-order valence-electron chi connectivity index (χ2n) is 9.56. The minimum Gasteiger partial charge on any atom is -0.481 e. The van der Waals surface area contributed by atoms with E-state index in [9.17, 15) is 14.3 Å². The van der Waals surface area contributed by atoms with E-state index in [1.54, 1.807) is 0 Å². The van der Waals surface area contributed by atoms with Crippen molar-refractivity contribution < 1.29 is 23.8 Å². The average molecular weight is 436 g/mol. The highest BCUT2D eigenvalue weighted by atomic mass is 31.2. The van der Waals surface area contributed by atoms with Gasteiger partial charge in [0.1, 0.15) is 0 Å². The zero-order valence-electron chi connectivity index (χ0n) is 19.5. The maximum atomic E-state index is 12.4. The van der Waals surface area contributed by atoms with Gasteiger partial charge in [0.25, 0.3) is 7.52 Å². The Morgan fingerprint density at radius 3 is 1.66 bits per heavy atom. The van der Waals surface area contributed by atoms with E-state index in [1.807, 2.05) is 21.1 Å². The Morgan fingerprint density at radius 2 is 1.28 bits per heavy atom. The number of hydrogen-bond donors (Lipinski definition) is 3. The maximum absolute atomic E-state index is 12.4. The third kappa shape index (κ3) is 20.6. The molecule has 0 radical (unpaired) electrons. The number of carboxylic acid groups (broad SMARTS) is 1. The molecule has 0 fully saturated rings. The van der Waals surface area contributed by atoms with E-state index < -0.39 is 19.5 Å². The lowest BCUT2D eigenvalue weighted by atomic mass is 10.1. The lowest BCUT2D eigenvalue weighted by Gasteiger charge is -2.30. The number of unbranched alkanes of at least 4 members (excludes halogenated alkanes) is 12. The summed E-state index contributed by atoms with van der Waals surface area (Å²) in [6.45, 7) is 2.74. The predicted octanol–water partition coefficient (Wildman–Crippen LogP) is 5.40. The minimum absolute atomic E-state index is 0.140. The van der Waals surface area contributed by atoms with Gasteiger partial charge in [-0.15, -0.1) is 0 Å². The quantitative estimate of drug-likeness (QED) is 0.135. The first-order chi connectivity index (χ1) is 13.6. The summed E-state index contributed by atoms with van der Waals surface area (Å²) in [7, 11) is 2.35. The number of carboxylic acids is 1. The van der Waals surface area contributed by atoms with Crippen LogP contribution in [0.4, 0.5) is 0 Å². The SMILES string of the molecule is CCCCCCCCCCCCCCCP(=O)(O)N[C@@H](CC(=O)O)C[N+](C)(C)C. The fourth-order valence-corrected chi connectivity index (χ4v) is 5.24. The normalized spacial score (nSPS) is 15.2. The van der Waals surface area contributed by atoms with Crippen LogP contribution in [-0.2, 0) is 9.36 Å². The maximum Gasteiger partial charge on any atom is 0.305 e. The summed E-state index contributed by atoms with van der Waals surface area (Å²) in [5.74, 6) is -0.947. The van der Waals surface area contributed by atoms with Gasteiger partial charge >= 0.3 is 5.97 Å². The summed E-state index contributed by atoms with van der Waals surface area (Å²) in [6.07, 6.45) is 16.1. The number of likely N-dealkylation sites (N-methyl/N-ethyl adjacent to an activating group) is 1. The number of hydrogen-bond acceptors (Lipinski definition) is 2. The summed E-state index contributed by atoms with van der Waals surface area (Å²) < 4.78 is 13.0. The molecule has 0 spiro atoms. The zero-order chi connectivity index (χ0) is 22.2. The first-order valence-corrected chi connectivity index (χ1v) is 13.5. The van der Waals surface area contributed by atoms with Gasteiger partial charge < -0.3 is 14.5 Å². The second kappa shape index (κ2) is 16.3. The molecule has 7 heteroatoms. The average Bonchev–Trinajstić information content (AvgIpc) is 2.56. The monoisotopic (exact) mass is 435 g/mol. The summed E-state index contributed by atoms with van der Waals surface area (Å²) >= 11 is 0. The van der Waals surface area contributed by atoms with E-state index in [2.05, 4.69) is 12.0 Å². The van der Waals surface area contributed by atoms with Crippen LogP contribution in [0.5, 0.6) is 0 Å². The number of quaternary nitrogens is 1. The van der Waals surface area contributed by atoms with Crippen molar-refractivity contribution in [1.82, 2.24) is 5.09 Å². The van der Waals surface area contributed by atoms with Gasteiger partial charge in [-0.25, -0.2) is 5.09 Å².